The van der Waals surface area contributed by atoms with Gasteiger partial charge in [0.15, 0.2) is 5.78 Å². The highest BCUT2D eigenvalue weighted by Crippen LogP contribution is 2.23. The number of rotatable bonds is 5. The molecule has 3 heteroatoms. The second-order valence-electron chi connectivity index (χ2n) is 6.13. The van der Waals surface area contributed by atoms with Crippen LogP contribution in [-0.2, 0) is 0 Å². The maximum absolute atomic E-state index is 12.6. The van der Waals surface area contributed by atoms with Crippen LogP contribution in [0.1, 0.15) is 28.8 Å². The smallest absolute Gasteiger partial charge is 0.166 e. The number of Topliss-reactive ketones (excluding diaryl/α,β-unsaturated/α-hetero) is 1. The summed E-state index contributed by atoms with van der Waals surface area (Å²) in [6, 6.07) is 17.7. The van der Waals surface area contributed by atoms with Crippen molar-refractivity contribution < 1.29 is 9.53 Å². The summed E-state index contributed by atoms with van der Waals surface area (Å²) < 4.78 is 5.15. The Morgan fingerprint density at radius 1 is 1.04 bits per heavy atom. The second kappa shape index (κ2) is 7.82. The molecule has 24 heavy (non-hydrogen) atoms. The molecule has 0 N–H and O–H groups in total. The summed E-state index contributed by atoms with van der Waals surface area (Å²) in [5, 5.41) is 0. The minimum absolute atomic E-state index is 0.125. The summed E-state index contributed by atoms with van der Waals surface area (Å²) in [5.74, 6) is 1.16. The number of carbonyl (C=O) groups excluding carboxylic acids is 1. The number of nitrogens with zero attached hydrogens (tertiary/aromatic N) is 1. The first-order valence-electron chi connectivity index (χ1n) is 8.42. The highest BCUT2D eigenvalue weighted by atomic mass is 16.5. The highest BCUT2D eigenvalue weighted by molar-refractivity contribution is 5.98. The normalized spacial score (nSPS) is 15.6. The molecule has 0 atom stereocenters. The highest BCUT2D eigenvalue weighted by Gasteiger charge is 2.24. The Labute approximate surface area is 143 Å². The fraction of sp³-hybridized carbons (Fsp3) is 0.286. The lowest BCUT2D eigenvalue weighted by molar-refractivity contribution is 0.0865. The van der Waals surface area contributed by atoms with Crippen molar-refractivity contribution in [3.05, 3.63) is 71.9 Å². The van der Waals surface area contributed by atoms with Gasteiger partial charge in [-0.3, -0.25) is 4.79 Å². The van der Waals surface area contributed by atoms with Crippen LogP contribution in [0.4, 0.5) is 0 Å². The Balaban J connectivity index is 1.54. The van der Waals surface area contributed by atoms with E-state index in [0.717, 1.165) is 37.2 Å². The largest absolute Gasteiger partial charge is 0.497 e. The molecule has 1 aliphatic rings. The molecule has 0 unspecified atom stereocenters. The SMILES string of the molecule is COc1ccc(C(=O)C2CCN(C=Cc3ccccc3)CC2)cc1. The number of likely N-dealkylation sites (tertiary alicyclic amines) is 1. The van der Waals surface area contributed by atoms with Gasteiger partial charge < -0.3 is 9.64 Å². The molecule has 124 valence electrons. The van der Waals surface area contributed by atoms with Crippen LogP contribution in [0.3, 0.4) is 0 Å². The average molecular weight is 321 g/mol. The van der Waals surface area contributed by atoms with Gasteiger partial charge in [0, 0.05) is 24.6 Å². The molecule has 2 aromatic rings. The van der Waals surface area contributed by atoms with Gasteiger partial charge in [0.1, 0.15) is 5.75 Å². The number of methoxy groups -OCH3 is 1. The Morgan fingerprint density at radius 3 is 2.33 bits per heavy atom. The van der Waals surface area contributed by atoms with Crippen LogP contribution in [-0.4, -0.2) is 30.9 Å². The second-order valence-corrected chi connectivity index (χ2v) is 6.13. The number of ether oxygens (including phenoxy) is 1. The molecule has 0 amide bonds. The summed E-state index contributed by atoms with van der Waals surface area (Å²) in [7, 11) is 1.63. The molecular formula is C21H23NO2. The van der Waals surface area contributed by atoms with Gasteiger partial charge in [0.05, 0.1) is 7.11 Å². The Bertz CT molecular complexity index is 684. The third-order valence-electron chi connectivity index (χ3n) is 4.55. The van der Waals surface area contributed by atoms with Crippen LogP contribution >= 0.6 is 0 Å². The number of benzene rings is 2. The standard InChI is InChI=1S/C21H23NO2/c1-24-20-9-7-18(8-10-20)21(23)19-12-15-22(16-13-19)14-11-17-5-3-2-4-6-17/h2-11,14,19H,12-13,15-16H2,1H3. The van der Waals surface area contributed by atoms with Crippen molar-refractivity contribution in [2.75, 3.05) is 20.2 Å². The van der Waals surface area contributed by atoms with Crippen molar-refractivity contribution in [3.63, 3.8) is 0 Å². The van der Waals surface area contributed by atoms with E-state index < -0.39 is 0 Å². The summed E-state index contributed by atoms with van der Waals surface area (Å²) in [6.07, 6.45) is 6.09. The maximum Gasteiger partial charge on any atom is 0.166 e. The minimum Gasteiger partial charge on any atom is -0.497 e. The van der Waals surface area contributed by atoms with E-state index in [1.807, 2.05) is 42.5 Å². The minimum atomic E-state index is 0.125. The van der Waals surface area contributed by atoms with Crippen molar-refractivity contribution in [3.8, 4) is 5.75 Å². The molecule has 1 saturated heterocycles. The van der Waals surface area contributed by atoms with Crippen molar-refractivity contribution in [1.82, 2.24) is 4.90 Å². The predicted octanol–water partition coefficient (Wildman–Crippen LogP) is 4.26. The van der Waals surface area contributed by atoms with Crippen molar-refractivity contribution in [2.45, 2.75) is 12.8 Å². The zero-order valence-electron chi connectivity index (χ0n) is 14.0. The summed E-state index contributed by atoms with van der Waals surface area (Å²) in [5.41, 5.74) is 1.99. The number of ketones is 1. The third kappa shape index (κ3) is 4.05. The topological polar surface area (TPSA) is 29.5 Å². The van der Waals surface area contributed by atoms with Crippen LogP contribution < -0.4 is 4.74 Å². The summed E-state index contributed by atoms with van der Waals surface area (Å²) in [6.45, 7) is 1.85. The fourth-order valence-corrected chi connectivity index (χ4v) is 3.06. The van der Waals surface area contributed by atoms with Crippen LogP contribution in [0.5, 0.6) is 5.75 Å². The molecule has 0 saturated carbocycles. The van der Waals surface area contributed by atoms with Gasteiger partial charge in [-0.2, -0.15) is 0 Å². The summed E-state index contributed by atoms with van der Waals surface area (Å²) in [4.78, 5) is 14.9. The average Bonchev–Trinajstić information content (AvgIpc) is 2.67. The van der Waals surface area contributed by atoms with E-state index in [1.54, 1.807) is 7.11 Å². The monoisotopic (exact) mass is 321 g/mol. The van der Waals surface area contributed by atoms with Gasteiger partial charge in [0.25, 0.3) is 0 Å². The summed E-state index contributed by atoms with van der Waals surface area (Å²) >= 11 is 0. The van der Waals surface area contributed by atoms with Crippen molar-refractivity contribution in [2.24, 2.45) is 5.92 Å². The van der Waals surface area contributed by atoms with E-state index >= 15 is 0 Å². The lowest BCUT2D eigenvalue weighted by Gasteiger charge is -2.30. The number of hydrogen-bond acceptors (Lipinski definition) is 3. The quantitative estimate of drug-likeness (QED) is 0.771. The fourth-order valence-electron chi connectivity index (χ4n) is 3.06. The third-order valence-corrected chi connectivity index (χ3v) is 4.55. The van der Waals surface area contributed by atoms with Gasteiger partial charge in [-0.15, -0.1) is 0 Å². The van der Waals surface area contributed by atoms with Crippen molar-refractivity contribution >= 4 is 11.9 Å². The van der Waals surface area contributed by atoms with Crippen LogP contribution in [0, 0.1) is 5.92 Å². The van der Waals surface area contributed by atoms with Crippen LogP contribution in [0.2, 0.25) is 0 Å². The number of piperidine rings is 1. The molecule has 3 nitrogen and oxygen atoms in total. The first kappa shape index (κ1) is 16.3. The molecular weight excluding hydrogens is 298 g/mol. The lowest BCUT2D eigenvalue weighted by atomic mass is 9.89. The number of hydrogen-bond donors (Lipinski definition) is 0. The lowest BCUT2D eigenvalue weighted by Crippen LogP contribution is -2.33. The van der Waals surface area contributed by atoms with Crippen LogP contribution in [0.15, 0.2) is 60.8 Å². The van der Waals surface area contributed by atoms with Gasteiger partial charge >= 0.3 is 0 Å². The molecule has 0 bridgehead atoms. The van der Waals surface area contributed by atoms with Gasteiger partial charge in [-0.05, 0) is 54.9 Å². The van der Waals surface area contributed by atoms with E-state index in [-0.39, 0.29) is 11.7 Å². The van der Waals surface area contributed by atoms with E-state index in [0.29, 0.717) is 0 Å². The maximum atomic E-state index is 12.6. The van der Waals surface area contributed by atoms with E-state index in [9.17, 15) is 4.79 Å². The molecule has 0 spiro atoms. The van der Waals surface area contributed by atoms with E-state index in [4.69, 9.17) is 4.74 Å². The molecule has 1 fully saturated rings. The Morgan fingerprint density at radius 2 is 1.71 bits per heavy atom. The first-order chi connectivity index (χ1) is 11.8. The van der Waals surface area contributed by atoms with Gasteiger partial charge in [0.2, 0.25) is 0 Å². The van der Waals surface area contributed by atoms with Gasteiger partial charge in [-0.25, -0.2) is 0 Å². The Hall–Kier alpha value is -2.55. The first-order valence-corrected chi connectivity index (χ1v) is 8.42. The molecule has 3 rings (SSSR count). The van der Waals surface area contributed by atoms with E-state index in [2.05, 4.69) is 29.3 Å². The molecule has 0 aliphatic carbocycles. The molecule has 1 heterocycles. The van der Waals surface area contributed by atoms with E-state index in [1.165, 1.54) is 5.56 Å². The Kier molecular flexibility index (Phi) is 5.32. The number of carbonyl (C=O) groups is 1. The molecule has 0 aromatic heterocycles. The zero-order valence-corrected chi connectivity index (χ0v) is 14.0. The predicted molar refractivity (Wildman–Crippen MR) is 97.1 cm³/mol. The zero-order chi connectivity index (χ0) is 16.8. The molecule has 2 aromatic carbocycles. The molecule has 1 aliphatic heterocycles. The van der Waals surface area contributed by atoms with Crippen LogP contribution in [0.25, 0.3) is 6.08 Å². The van der Waals surface area contributed by atoms with Gasteiger partial charge in [-0.1, -0.05) is 30.3 Å². The molecule has 0 radical (unpaired) electrons. The van der Waals surface area contributed by atoms with Crippen molar-refractivity contribution in [1.29, 1.82) is 0 Å².